The van der Waals surface area contributed by atoms with Gasteiger partial charge in [-0.1, -0.05) is 13.3 Å². The highest BCUT2D eigenvalue weighted by Crippen LogP contribution is 2.10. The molecular formula is C13H18N2O3. The van der Waals surface area contributed by atoms with Crippen molar-refractivity contribution in [3.8, 4) is 0 Å². The van der Waals surface area contributed by atoms with E-state index in [0.29, 0.717) is 17.9 Å². The van der Waals surface area contributed by atoms with Gasteiger partial charge in [-0.25, -0.2) is 9.59 Å². The molecule has 0 aliphatic heterocycles. The maximum atomic E-state index is 11.6. The number of urea groups is 1. The first-order valence-electron chi connectivity index (χ1n) is 5.93. The predicted octanol–water partition coefficient (Wildman–Crippen LogP) is 2.39. The summed E-state index contributed by atoms with van der Waals surface area (Å²) in [6.45, 7) is 2.47. The van der Waals surface area contributed by atoms with Crippen LogP contribution in [0.2, 0.25) is 0 Å². The predicted molar refractivity (Wildman–Crippen MR) is 69.7 cm³/mol. The SMILES string of the molecule is CCCCOC(=O)c1ccc(NC(=O)NC)cc1. The number of hydrogen-bond donors (Lipinski definition) is 2. The van der Waals surface area contributed by atoms with Crippen LogP contribution < -0.4 is 10.6 Å². The third kappa shape index (κ3) is 4.45. The van der Waals surface area contributed by atoms with Gasteiger partial charge in [-0.05, 0) is 30.7 Å². The standard InChI is InChI=1S/C13H18N2O3/c1-3-4-9-18-12(16)10-5-7-11(8-6-10)15-13(17)14-2/h5-8H,3-4,9H2,1-2H3,(H2,14,15,17). The first-order valence-corrected chi connectivity index (χ1v) is 5.93. The van der Waals surface area contributed by atoms with E-state index in [1.54, 1.807) is 24.3 Å². The van der Waals surface area contributed by atoms with E-state index in [-0.39, 0.29) is 12.0 Å². The minimum absolute atomic E-state index is 0.298. The third-order valence-corrected chi connectivity index (χ3v) is 2.34. The first kappa shape index (κ1) is 14.0. The molecule has 98 valence electrons. The second-order valence-electron chi connectivity index (χ2n) is 3.77. The number of carbonyl (C=O) groups excluding carboxylic acids is 2. The van der Waals surface area contributed by atoms with Gasteiger partial charge in [0, 0.05) is 12.7 Å². The molecule has 2 amide bonds. The number of rotatable bonds is 5. The van der Waals surface area contributed by atoms with E-state index < -0.39 is 0 Å². The van der Waals surface area contributed by atoms with Gasteiger partial charge in [0.05, 0.1) is 12.2 Å². The molecule has 0 saturated carbocycles. The second-order valence-corrected chi connectivity index (χ2v) is 3.77. The van der Waals surface area contributed by atoms with Gasteiger partial charge in [0.25, 0.3) is 0 Å². The van der Waals surface area contributed by atoms with Gasteiger partial charge in [-0.3, -0.25) is 0 Å². The smallest absolute Gasteiger partial charge is 0.338 e. The van der Waals surface area contributed by atoms with Gasteiger partial charge in [0.15, 0.2) is 0 Å². The molecule has 5 heteroatoms. The topological polar surface area (TPSA) is 67.4 Å². The van der Waals surface area contributed by atoms with Crippen molar-refractivity contribution in [1.82, 2.24) is 5.32 Å². The van der Waals surface area contributed by atoms with Crippen LogP contribution in [0.15, 0.2) is 24.3 Å². The zero-order valence-electron chi connectivity index (χ0n) is 10.7. The molecule has 2 N–H and O–H groups in total. The summed E-state index contributed by atoms with van der Waals surface area (Å²) in [4.78, 5) is 22.6. The fourth-order valence-electron chi connectivity index (χ4n) is 1.28. The molecule has 0 aromatic heterocycles. The van der Waals surface area contributed by atoms with Crippen molar-refractivity contribution in [3.05, 3.63) is 29.8 Å². The van der Waals surface area contributed by atoms with Gasteiger partial charge in [-0.15, -0.1) is 0 Å². The third-order valence-electron chi connectivity index (χ3n) is 2.34. The minimum Gasteiger partial charge on any atom is -0.462 e. The van der Waals surface area contributed by atoms with Crippen LogP contribution in [0.4, 0.5) is 10.5 Å². The van der Waals surface area contributed by atoms with E-state index in [2.05, 4.69) is 10.6 Å². The van der Waals surface area contributed by atoms with Crippen LogP contribution in [0.1, 0.15) is 30.1 Å². The summed E-state index contributed by atoms with van der Waals surface area (Å²) in [7, 11) is 1.54. The Balaban J connectivity index is 2.54. The molecular weight excluding hydrogens is 232 g/mol. The summed E-state index contributed by atoms with van der Waals surface area (Å²) in [5, 5.41) is 5.05. The van der Waals surface area contributed by atoms with Crippen molar-refractivity contribution in [1.29, 1.82) is 0 Å². The van der Waals surface area contributed by atoms with Gasteiger partial charge in [-0.2, -0.15) is 0 Å². The number of hydrogen-bond acceptors (Lipinski definition) is 3. The normalized spacial score (nSPS) is 9.67. The number of anilines is 1. The highest BCUT2D eigenvalue weighted by Gasteiger charge is 2.06. The Bertz CT molecular complexity index is 401. The van der Waals surface area contributed by atoms with Crippen molar-refractivity contribution in [3.63, 3.8) is 0 Å². The Kier molecular flexibility index (Phi) is 5.70. The lowest BCUT2D eigenvalue weighted by atomic mass is 10.2. The second kappa shape index (κ2) is 7.32. The van der Waals surface area contributed by atoms with Crippen molar-refractivity contribution >= 4 is 17.7 Å². The van der Waals surface area contributed by atoms with Crippen LogP contribution in [0.25, 0.3) is 0 Å². The molecule has 0 aliphatic carbocycles. The number of carbonyl (C=O) groups is 2. The largest absolute Gasteiger partial charge is 0.462 e. The van der Waals surface area contributed by atoms with Crippen molar-refractivity contribution in [2.75, 3.05) is 19.0 Å². The number of amides is 2. The Hall–Kier alpha value is -2.04. The molecule has 0 heterocycles. The number of ether oxygens (including phenoxy) is 1. The van der Waals surface area contributed by atoms with Crippen molar-refractivity contribution in [2.45, 2.75) is 19.8 Å². The first-order chi connectivity index (χ1) is 8.67. The van der Waals surface area contributed by atoms with Crippen LogP contribution in [0.5, 0.6) is 0 Å². The maximum absolute atomic E-state index is 11.6. The summed E-state index contributed by atoms with van der Waals surface area (Å²) in [6, 6.07) is 6.27. The summed E-state index contributed by atoms with van der Waals surface area (Å²) in [6.07, 6.45) is 1.85. The van der Waals surface area contributed by atoms with Gasteiger partial charge in [0.2, 0.25) is 0 Å². The highest BCUT2D eigenvalue weighted by molar-refractivity contribution is 5.92. The lowest BCUT2D eigenvalue weighted by molar-refractivity contribution is 0.0500. The van der Waals surface area contributed by atoms with Crippen LogP contribution in [-0.4, -0.2) is 25.7 Å². The molecule has 0 saturated heterocycles. The molecule has 5 nitrogen and oxygen atoms in total. The van der Waals surface area contributed by atoms with Crippen molar-refractivity contribution < 1.29 is 14.3 Å². The minimum atomic E-state index is -0.338. The Labute approximate surface area is 107 Å². The van der Waals surface area contributed by atoms with Gasteiger partial charge < -0.3 is 15.4 Å². The molecule has 18 heavy (non-hydrogen) atoms. The number of benzene rings is 1. The average Bonchev–Trinajstić information content (AvgIpc) is 2.39. The molecule has 1 rings (SSSR count). The zero-order valence-corrected chi connectivity index (χ0v) is 10.7. The Morgan fingerprint density at radius 2 is 1.89 bits per heavy atom. The van der Waals surface area contributed by atoms with E-state index in [1.807, 2.05) is 6.92 Å². The average molecular weight is 250 g/mol. The van der Waals surface area contributed by atoms with E-state index in [0.717, 1.165) is 12.8 Å². The summed E-state index contributed by atoms with van der Waals surface area (Å²) < 4.78 is 5.07. The van der Waals surface area contributed by atoms with E-state index in [9.17, 15) is 9.59 Å². The van der Waals surface area contributed by atoms with Crippen LogP contribution in [0, 0.1) is 0 Å². The summed E-state index contributed by atoms with van der Waals surface area (Å²) in [5.41, 5.74) is 1.10. The summed E-state index contributed by atoms with van der Waals surface area (Å²) in [5.74, 6) is -0.338. The van der Waals surface area contributed by atoms with E-state index in [4.69, 9.17) is 4.74 Å². The van der Waals surface area contributed by atoms with E-state index >= 15 is 0 Å². The zero-order chi connectivity index (χ0) is 13.4. The summed E-state index contributed by atoms with van der Waals surface area (Å²) >= 11 is 0. The molecule has 0 bridgehead atoms. The monoisotopic (exact) mass is 250 g/mol. The molecule has 0 fully saturated rings. The fourth-order valence-corrected chi connectivity index (χ4v) is 1.28. The lowest BCUT2D eigenvalue weighted by Crippen LogP contribution is -2.24. The van der Waals surface area contributed by atoms with Crippen molar-refractivity contribution in [2.24, 2.45) is 0 Å². The number of nitrogens with one attached hydrogen (secondary N) is 2. The Morgan fingerprint density at radius 1 is 1.22 bits per heavy atom. The molecule has 0 aliphatic rings. The van der Waals surface area contributed by atoms with Crippen LogP contribution in [-0.2, 0) is 4.74 Å². The van der Waals surface area contributed by atoms with Crippen LogP contribution >= 0.6 is 0 Å². The number of unbranched alkanes of at least 4 members (excludes halogenated alkanes) is 1. The molecule has 0 spiro atoms. The molecule has 0 atom stereocenters. The Morgan fingerprint density at radius 3 is 2.44 bits per heavy atom. The number of esters is 1. The quantitative estimate of drug-likeness (QED) is 0.623. The highest BCUT2D eigenvalue weighted by atomic mass is 16.5. The van der Waals surface area contributed by atoms with E-state index in [1.165, 1.54) is 7.05 Å². The molecule has 1 aromatic carbocycles. The lowest BCUT2D eigenvalue weighted by Gasteiger charge is -2.06. The fraction of sp³-hybridized carbons (Fsp3) is 0.385. The molecule has 0 radical (unpaired) electrons. The van der Waals surface area contributed by atoms with Gasteiger partial charge >= 0.3 is 12.0 Å². The van der Waals surface area contributed by atoms with Gasteiger partial charge in [0.1, 0.15) is 0 Å². The molecule has 0 unspecified atom stereocenters. The molecule has 1 aromatic rings. The maximum Gasteiger partial charge on any atom is 0.338 e. The van der Waals surface area contributed by atoms with Crippen LogP contribution in [0.3, 0.4) is 0 Å².